The second-order valence-corrected chi connectivity index (χ2v) is 4.44. The molecule has 0 aliphatic heterocycles. The molecule has 1 aromatic carbocycles. The van der Waals surface area contributed by atoms with E-state index in [1.54, 1.807) is 18.0 Å². The summed E-state index contributed by atoms with van der Waals surface area (Å²) in [5.41, 5.74) is 2.28. The normalized spacial score (nSPS) is 11.1. The summed E-state index contributed by atoms with van der Waals surface area (Å²) < 4.78 is 5.40. The second-order valence-electron chi connectivity index (χ2n) is 3.59. The van der Waals surface area contributed by atoms with Crippen LogP contribution in [-0.2, 0) is 0 Å². The lowest BCUT2D eigenvalue weighted by molar-refractivity contribution is 0.582. The first-order chi connectivity index (χ1) is 7.88. The Balaban J connectivity index is 2.21. The quantitative estimate of drug-likeness (QED) is 0.669. The van der Waals surface area contributed by atoms with Crippen LogP contribution in [0.3, 0.4) is 0 Å². The van der Waals surface area contributed by atoms with Gasteiger partial charge in [-0.25, -0.2) is 0 Å². The molecule has 0 saturated carbocycles. The molecule has 1 N–H and O–H groups in total. The van der Waals surface area contributed by atoms with Crippen molar-refractivity contribution in [3.05, 3.63) is 42.8 Å². The number of furan rings is 1. The predicted octanol–water partition coefficient (Wildman–Crippen LogP) is 4.15. The maximum atomic E-state index is 5.40. The van der Waals surface area contributed by atoms with Crippen LogP contribution in [0.2, 0.25) is 0 Å². The van der Waals surface area contributed by atoms with E-state index in [1.807, 2.05) is 18.3 Å². The molecular weight excluding hydrogens is 218 g/mol. The number of hydrogen-bond acceptors (Lipinski definition) is 2. The molecular formula is C13H11NOS. The van der Waals surface area contributed by atoms with Gasteiger partial charge in [0, 0.05) is 27.6 Å². The third-order valence-corrected chi connectivity index (χ3v) is 3.45. The topological polar surface area (TPSA) is 28.9 Å². The Morgan fingerprint density at radius 1 is 1.25 bits per heavy atom. The highest BCUT2D eigenvalue weighted by atomic mass is 32.2. The van der Waals surface area contributed by atoms with Gasteiger partial charge >= 0.3 is 0 Å². The summed E-state index contributed by atoms with van der Waals surface area (Å²) in [7, 11) is 0. The number of rotatable bonds is 2. The van der Waals surface area contributed by atoms with Crippen molar-refractivity contribution in [2.75, 3.05) is 6.26 Å². The number of aromatic nitrogens is 1. The Morgan fingerprint density at radius 2 is 2.19 bits per heavy atom. The summed E-state index contributed by atoms with van der Waals surface area (Å²) in [5, 5.41) is 1.25. The van der Waals surface area contributed by atoms with E-state index in [1.165, 1.54) is 15.8 Å². The molecule has 16 heavy (non-hydrogen) atoms. The van der Waals surface area contributed by atoms with Crippen molar-refractivity contribution in [2.24, 2.45) is 0 Å². The van der Waals surface area contributed by atoms with Crippen molar-refractivity contribution in [2.45, 2.75) is 4.90 Å². The van der Waals surface area contributed by atoms with Gasteiger partial charge in [0.1, 0.15) is 5.76 Å². The summed E-state index contributed by atoms with van der Waals surface area (Å²) in [6.45, 7) is 0. The Kier molecular flexibility index (Phi) is 2.26. The number of fused-ring (bicyclic) bond motifs is 1. The lowest BCUT2D eigenvalue weighted by Gasteiger charge is -1.98. The largest absolute Gasteiger partial charge is 0.464 e. The fraction of sp³-hybridized carbons (Fsp3) is 0.0769. The molecule has 3 aromatic rings. The average molecular weight is 229 g/mol. The Hall–Kier alpha value is -1.61. The molecule has 0 unspecified atom stereocenters. The molecule has 0 bridgehead atoms. The van der Waals surface area contributed by atoms with Gasteiger partial charge in [-0.15, -0.1) is 11.8 Å². The van der Waals surface area contributed by atoms with Crippen molar-refractivity contribution in [3.8, 4) is 11.3 Å². The number of aromatic amines is 1. The molecule has 2 nitrogen and oxygen atoms in total. The van der Waals surface area contributed by atoms with Crippen molar-refractivity contribution >= 4 is 22.7 Å². The molecule has 0 radical (unpaired) electrons. The van der Waals surface area contributed by atoms with Crippen molar-refractivity contribution in [1.29, 1.82) is 0 Å². The molecule has 0 atom stereocenters. The first-order valence-corrected chi connectivity index (χ1v) is 6.30. The first-order valence-electron chi connectivity index (χ1n) is 5.07. The summed E-state index contributed by atoms with van der Waals surface area (Å²) in [5.74, 6) is 0.912. The number of hydrogen-bond donors (Lipinski definition) is 1. The highest BCUT2D eigenvalue weighted by Gasteiger charge is 2.06. The zero-order valence-corrected chi connectivity index (χ0v) is 9.67. The second kappa shape index (κ2) is 3.76. The minimum Gasteiger partial charge on any atom is -0.464 e. The zero-order valence-electron chi connectivity index (χ0n) is 8.86. The number of thioether (sulfide) groups is 1. The van der Waals surface area contributed by atoms with Crippen LogP contribution in [0.5, 0.6) is 0 Å². The van der Waals surface area contributed by atoms with Crippen LogP contribution in [0.1, 0.15) is 0 Å². The highest BCUT2D eigenvalue weighted by molar-refractivity contribution is 7.98. The van der Waals surface area contributed by atoms with E-state index < -0.39 is 0 Å². The van der Waals surface area contributed by atoms with Crippen molar-refractivity contribution in [1.82, 2.24) is 4.98 Å². The molecule has 2 aromatic heterocycles. The maximum Gasteiger partial charge on any atom is 0.133 e. The minimum atomic E-state index is 0.912. The Morgan fingerprint density at radius 3 is 2.94 bits per heavy atom. The van der Waals surface area contributed by atoms with Gasteiger partial charge in [-0.05, 0) is 36.6 Å². The van der Waals surface area contributed by atoms with E-state index in [0.29, 0.717) is 0 Å². The van der Waals surface area contributed by atoms with E-state index in [-0.39, 0.29) is 0 Å². The summed E-state index contributed by atoms with van der Waals surface area (Å²) in [6, 6.07) is 10.2. The van der Waals surface area contributed by atoms with E-state index in [9.17, 15) is 0 Å². The van der Waals surface area contributed by atoms with Crippen LogP contribution in [0.4, 0.5) is 0 Å². The van der Waals surface area contributed by atoms with E-state index in [4.69, 9.17) is 4.42 Å². The fourth-order valence-corrected chi connectivity index (χ4v) is 2.43. The standard InChI is InChI=1S/C13H11NOS/c1-16-13-8-14-11-5-4-9(7-10(11)13)12-3-2-6-15-12/h2-8,14H,1H3. The molecule has 3 heteroatoms. The molecule has 2 heterocycles. The lowest BCUT2D eigenvalue weighted by Crippen LogP contribution is -1.74. The predicted molar refractivity (Wildman–Crippen MR) is 67.8 cm³/mol. The molecule has 0 aliphatic rings. The summed E-state index contributed by atoms with van der Waals surface area (Å²) in [6.07, 6.45) is 5.83. The number of nitrogens with one attached hydrogen (secondary N) is 1. The number of H-pyrrole nitrogens is 1. The van der Waals surface area contributed by atoms with Gasteiger partial charge in [-0.1, -0.05) is 0 Å². The van der Waals surface area contributed by atoms with Crippen molar-refractivity contribution in [3.63, 3.8) is 0 Å². The first kappa shape index (κ1) is 9.60. The van der Waals surface area contributed by atoms with Gasteiger partial charge < -0.3 is 9.40 Å². The van der Waals surface area contributed by atoms with Gasteiger partial charge in [-0.2, -0.15) is 0 Å². The Bertz CT molecular complexity index is 610. The van der Waals surface area contributed by atoms with Crippen LogP contribution in [0.15, 0.2) is 52.1 Å². The lowest BCUT2D eigenvalue weighted by atomic mass is 10.1. The monoisotopic (exact) mass is 229 g/mol. The SMILES string of the molecule is CSc1c[nH]c2ccc(-c3ccco3)cc12. The van der Waals surface area contributed by atoms with Crippen LogP contribution in [0, 0.1) is 0 Å². The maximum absolute atomic E-state index is 5.40. The smallest absolute Gasteiger partial charge is 0.133 e. The van der Waals surface area contributed by atoms with Crippen LogP contribution in [-0.4, -0.2) is 11.2 Å². The van der Waals surface area contributed by atoms with Gasteiger partial charge in [0.2, 0.25) is 0 Å². The van der Waals surface area contributed by atoms with Gasteiger partial charge in [0.25, 0.3) is 0 Å². The third kappa shape index (κ3) is 1.44. The van der Waals surface area contributed by atoms with Gasteiger partial charge in [-0.3, -0.25) is 0 Å². The van der Waals surface area contributed by atoms with Crippen molar-refractivity contribution < 1.29 is 4.42 Å². The van der Waals surface area contributed by atoms with E-state index >= 15 is 0 Å². The molecule has 0 amide bonds. The van der Waals surface area contributed by atoms with E-state index in [2.05, 4.69) is 29.4 Å². The summed E-state index contributed by atoms with van der Waals surface area (Å²) >= 11 is 1.75. The van der Waals surface area contributed by atoms with Crippen LogP contribution < -0.4 is 0 Å². The fourth-order valence-electron chi connectivity index (χ4n) is 1.86. The molecule has 0 saturated heterocycles. The molecule has 80 valence electrons. The highest BCUT2D eigenvalue weighted by Crippen LogP contribution is 2.30. The molecule has 3 rings (SSSR count). The van der Waals surface area contributed by atoms with Crippen LogP contribution >= 0.6 is 11.8 Å². The Labute approximate surface area is 97.7 Å². The molecule has 0 fully saturated rings. The zero-order chi connectivity index (χ0) is 11.0. The van der Waals surface area contributed by atoms with Gasteiger partial charge in [0.05, 0.1) is 6.26 Å². The third-order valence-electron chi connectivity index (χ3n) is 2.67. The van der Waals surface area contributed by atoms with E-state index in [0.717, 1.165) is 11.3 Å². The van der Waals surface area contributed by atoms with Gasteiger partial charge in [0.15, 0.2) is 0 Å². The molecule has 0 spiro atoms. The van der Waals surface area contributed by atoms with Crippen LogP contribution in [0.25, 0.3) is 22.2 Å². The molecule has 0 aliphatic carbocycles. The number of benzene rings is 1. The average Bonchev–Trinajstić information content (AvgIpc) is 2.97. The summed E-state index contributed by atoms with van der Waals surface area (Å²) in [4.78, 5) is 4.53. The minimum absolute atomic E-state index is 0.912.